The van der Waals surface area contributed by atoms with Gasteiger partial charge in [0.1, 0.15) is 12.1 Å². The van der Waals surface area contributed by atoms with E-state index in [2.05, 4.69) is 10.3 Å². The van der Waals surface area contributed by atoms with Gasteiger partial charge in [-0.1, -0.05) is 36.4 Å². The maximum atomic E-state index is 11.3. The van der Waals surface area contributed by atoms with Crippen LogP contribution < -0.4 is 5.32 Å². The zero-order valence-corrected chi connectivity index (χ0v) is 14.0. The summed E-state index contributed by atoms with van der Waals surface area (Å²) in [4.78, 5) is 27.2. The van der Waals surface area contributed by atoms with Gasteiger partial charge in [-0.3, -0.25) is 0 Å². The SMILES string of the molecule is CC(=O)CC(C=O)CNc1c2ccccc2nc2c(CO)cccc12. The molecule has 25 heavy (non-hydrogen) atoms. The van der Waals surface area contributed by atoms with Crippen LogP contribution in [-0.4, -0.2) is 28.7 Å². The maximum Gasteiger partial charge on any atom is 0.130 e. The number of aromatic nitrogens is 1. The van der Waals surface area contributed by atoms with Gasteiger partial charge in [0.25, 0.3) is 0 Å². The molecule has 0 radical (unpaired) electrons. The fraction of sp³-hybridized carbons (Fsp3) is 0.250. The Kier molecular flexibility index (Phi) is 5.05. The molecule has 0 saturated heterocycles. The second kappa shape index (κ2) is 7.40. The van der Waals surface area contributed by atoms with Gasteiger partial charge in [0.15, 0.2) is 0 Å². The molecule has 0 spiro atoms. The average molecular weight is 336 g/mol. The van der Waals surface area contributed by atoms with Crippen molar-refractivity contribution in [1.29, 1.82) is 0 Å². The van der Waals surface area contributed by atoms with Gasteiger partial charge in [0.05, 0.1) is 23.3 Å². The quantitative estimate of drug-likeness (QED) is 0.512. The van der Waals surface area contributed by atoms with Crippen LogP contribution in [0.5, 0.6) is 0 Å². The van der Waals surface area contributed by atoms with Gasteiger partial charge in [-0.15, -0.1) is 0 Å². The molecule has 5 heteroatoms. The van der Waals surface area contributed by atoms with E-state index in [0.29, 0.717) is 6.54 Å². The minimum Gasteiger partial charge on any atom is -0.392 e. The predicted octanol–water partition coefficient (Wildman–Crippen LogP) is 3.09. The molecule has 0 amide bonds. The van der Waals surface area contributed by atoms with Crippen LogP contribution in [-0.2, 0) is 16.2 Å². The molecule has 128 valence electrons. The Morgan fingerprint density at radius 1 is 1.20 bits per heavy atom. The number of aliphatic hydroxyl groups excluding tert-OH is 1. The number of Topliss-reactive ketones (excluding diaryl/α,β-unsaturated/α-hetero) is 1. The first kappa shape index (κ1) is 17.0. The number of carbonyl (C=O) groups is 2. The van der Waals surface area contributed by atoms with Crippen molar-refractivity contribution in [2.75, 3.05) is 11.9 Å². The Bertz CT molecular complexity index is 937. The van der Waals surface area contributed by atoms with E-state index in [1.54, 1.807) is 0 Å². The molecule has 0 saturated carbocycles. The molecule has 0 aliphatic heterocycles. The van der Waals surface area contributed by atoms with Gasteiger partial charge in [-0.25, -0.2) is 4.98 Å². The number of aliphatic hydroxyl groups is 1. The van der Waals surface area contributed by atoms with Crippen molar-refractivity contribution in [2.24, 2.45) is 5.92 Å². The third-order valence-corrected chi connectivity index (χ3v) is 4.25. The van der Waals surface area contributed by atoms with Crippen LogP contribution in [0.2, 0.25) is 0 Å². The molecule has 1 atom stereocenters. The normalized spacial score (nSPS) is 12.2. The van der Waals surface area contributed by atoms with E-state index in [-0.39, 0.29) is 24.7 Å². The minimum atomic E-state index is -0.375. The zero-order chi connectivity index (χ0) is 17.8. The number of aldehydes is 1. The lowest BCUT2D eigenvalue weighted by molar-refractivity contribution is -0.120. The van der Waals surface area contributed by atoms with Gasteiger partial charge < -0.3 is 20.0 Å². The van der Waals surface area contributed by atoms with Gasteiger partial charge >= 0.3 is 0 Å². The molecule has 1 unspecified atom stereocenters. The predicted molar refractivity (Wildman–Crippen MR) is 98.5 cm³/mol. The first-order valence-electron chi connectivity index (χ1n) is 8.24. The van der Waals surface area contributed by atoms with Gasteiger partial charge in [0, 0.05) is 35.2 Å². The maximum absolute atomic E-state index is 11.3. The molecular formula is C20H20N2O3. The van der Waals surface area contributed by atoms with Crippen LogP contribution in [0.1, 0.15) is 18.9 Å². The average Bonchev–Trinajstić information content (AvgIpc) is 2.63. The molecule has 1 aromatic heterocycles. The van der Waals surface area contributed by atoms with Crippen molar-refractivity contribution in [1.82, 2.24) is 4.98 Å². The van der Waals surface area contributed by atoms with E-state index in [1.807, 2.05) is 42.5 Å². The Hall–Kier alpha value is -2.79. The highest BCUT2D eigenvalue weighted by Gasteiger charge is 2.14. The van der Waals surface area contributed by atoms with Crippen LogP contribution in [0.25, 0.3) is 21.8 Å². The molecule has 0 fully saturated rings. The molecule has 0 aliphatic rings. The molecular weight excluding hydrogens is 316 g/mol. The Morgan fingerprint density at radius 3 is 2.68 bits per heavy atom. The highest BCUT2D eigenvalue weighted by molar-refractivity contribution is 6.08. The smallest absolute Gasteiger partial charge is 0.130 e. The number of hydrogen-bond donors (Lipinski definition) is 2. The fourth-order valence-electron chi connectivity index (χ4n) is 3.06. The third kappa shape index (κ3) is 3.51. The summed E-state index contributed by atoms with van der Waals surface area (Å²) < 4.78 is 0. The number of nitrogens with zero attached hydrogens (tertiary/aromatic N) is 1. The van der Waals surface area contributed by atoms with Crippen molar-refractivity contribution in [3.05, 3.63) is 48.0 Å². The number of hydrogen-bond acceptors (Lipinski definition) is 5. The number of ketones is 1. The number of anilines is 1. The lowest BCUT2D eigenvalue weighted by atomic mass is 10.0. The summed E-state index contributed by atoms with van der Waals surface area (Å²) in [7, 11) is 0. The largest absolute Gasteiger partial charge is 0.392 e. The molecule has 3 aromatic rings. The number of fused-ring (bicyclic) bond motifs is 2. The molecule has 1 heterocycles. The number of pyridine rings is 1. The fourth-order valence-corrected chi connectivity index (χ4v) is 3.06. The van der Waals surface area contributed by atoms with Gasteiger partial charge in [0.2, 0.25) is 0 Å². The zero-order valence-electron chi connectivity index (χ0n) is 14.0. The number of benzene rings is 2. The first-order chi connectivity index (χ1) is 12.1. The lowest BCUT2D eigenvalue weighted by Crippen LogP contribution is -2.18. The molecule has 2 aromatic carbocycles. The van der Waals surface area contributed by atoms with Crippen molar-refractivity contribution in [3.63, 3.8) is 0 Å². The highest BCUT2D eigenvalue weighted by atomic mass is 16.3. The first-order valence-corrected chi connectivity index (χ1v) is 8.24. The van der Waals surface area contributed by atoms with E-state index in [4.69, 9.17) is 0 Å². The van der Waals surface area contributed by atoms with Gasteiger partial charge in [-0.05, 0) is 13.0 Å². The third-order valence-electron chi connectivity index (χ3n) is 4.25. The second-order valence-electron chi connectivity index (χ2n) is 6.16. The van der Waals surface area contributed by atoms with E-state index in [0.717, 1.165) is 39.3 Å². The molecule has 0 bridgehead atoms. The van der Waals surface area contributed by atoms with Crippen molar-refractivity contribution < 1.29 is 14.7 Å². The molecule has 0 aliphatic carbocycles. The van der Waals surface area contributed by atoms with Crippen LogP contribution >= 0.6 is 0 Å². The lowest BCUT2D eigenvalue weighted by Gasteiger charge is -2.16. The van der Waals surface area contributed by atoms with E-state index >= 15 is 0 Å². The summed E-state index contributed by atoms with van der Waals surface area (Å²) in [5.41, 5.74) is 3.17. The number of nitrogens with one attached hydrogen (secondary N) is 1. The summed E-state index contributed by atoms with van der Waals surface area (Å²) >= 11 is 0. The van der Waals surface area contributed by atoms with Crippen molar-refractivity contribution in [3.8, 4) is 0 Å². The second-order valence-corrected chi connectivity index (χ2v) is 6.16. The summed E-state index contributed by atoms with van der Waals surface area (Å²) in [6.07, 6.45) is 1.04. The Morgan fingerprint density at radius 2 is 1.96 bits per heavy atom. The molecule has 5 nitrogen and oxygen atoms in total. The Balaban J connectivity index is 2.10. The van der Waals surface area contributed by atoms with Crippen molar-refractivity contribution in [2.45, 2.75) is 20.0 Å². The number of rotatable bonds is 7. The van der Waals surface area contributed by atoms with E-state index in [1.165, 1.54) is 6.92 Å². The minimum absolute atomic E-state index is 0.00842. The van der Waals surface area contributed by atoms with Crippen LogP contribution in [0, 0.1) is 5.92 Å². The molecule has 3 rings (SSSR count). The van der Waals surface area contributed by atoms with Crippen LogP contribution in [0.15, 0.2) is 42.5 Å². The topological polar surface area (TPSA) is 79.3 Å². The van der Waals surface area contributed by atoms with Gasteiger partial charge in [-0.2, -0.15) is 0 Å². The standard InChI is InChI=1S/C20H20N2O3/c1-13(25)9-14(11-23)10-21-20-16-6-2-3-8-18(16)22-19-15(12-24)5-4-7-17(19)20/h2-8,11,14,24H,9-10,12H2,1H3,(H,21,22). The summed E-state index contributed by atoms with van der Waals surface area (Å²) in [6, 6.07) is 13.4. The summed E-state index contributed by atoms with van der Waals surface area (Å²) in [5.74, 6) is -0.383. The Labute approximate surface area is 145 Å². The van der Waals surface area contributed by atoms with Crippen LogP contribution in [0.3, 0.4) is 0 Å². The number of carbonyl (C=O) groups excluding carboxylic acids is 2. The van der Waals surface area contributed by atoms with E-state index < -0.39 is 0 Å². The van der Waals surface area contributed by atoms with E-state index in [9.17, 15) is 14.7 Å². The summed E-state index contributed by atoms with van der Waals surface area (Å²) in [5, 5.41) is 14.8. The van der Waals surface area contributed by atoms with Crippen molar-refractivity contribution >= 4 is 39.6 Å². The monoisotopic (exact) mass is 336 g/mol. The highest BCUT2D eigenvalue weighted by Crippen LogP contribution is 2.32. The molecule has 2 N–H and O–H groups in total. The summed E-state index contributed by atoms with van der Waals surface area (Å²) in [6.45, 7) is 1.76. The number of para-hydroxylation sites is 2. The van der Waals surface area contributed by atoms with Crippen LogP contribution in [0.4, 0.5) is 5.69 Å².